The van der Waals surface area contributed by atoms with E-state index in [0.717, 1.165) is 6.92 Å². The van der Waals surface area contributed by atoms with Crippen molar-refractivity contribution < 1.29 is 31.9 Å². The standard InChI is InChI=1S/C13H15F2N5O5P/c1-3-22-8-6-7(18-11(16)19-8)20(5-17-6)10-12(2,14)9-13(15,24-10)4-23-26(21)25-9/h5,9-10H,3-4H2,1-2H3,(H2,16,18,19)/q+1. The van der Waals surface area contributed by atoms with E-state index < -0.39 is 38.7 Å². The molecule has 5 atom stereocenters. The molecule has 2 fully saturated rings. The molecule has 4 heterocycles. The third-order valence-electron chi connectivity index (χ3n) is 4.19. The molecule has 2 aliphatic rings. The smallest absolute Gasteiger partial charge is 0.476 e. The number of hydrogen-bond donors (Lipinski definition) is 1. The summed E-state index contributed by atoms with van der Waals surface area (Å²) >= 11 is 0. The number of nitrogen functional groups attached to an aromatic ring is 1. The van der Waals surface area contributed by atoms with Crippen LogP contribution in [-0.4, -0.2) is 50.4 Å². The molecule has 2 N–H and O–H groups in total. The summed E-state index contributed by atoms with van der Waals surface area (Å²) in [6, 6.07) is 0. The Morgan fingerprint density at radius 3 is 3.00 bits per heavy atom. The number of nitrogens with zero attached hydrogens (tertiary/aromatic N) is 4. The van der Waals surface area contributed by atoms with Gasteiger partial charge in [-0.05, 0) is 13.8 Å². The van der Waals surface area contributed by atoms with Gasteiger partial charge in [0.2, 0.25) is 17.9 Å². The second-order valence-corrected chi connectivity index (χ2v) is 6.95. The van der Waals surface area contributed by atoms with Crippen LogP contribution in [0.2, 0.25) is 0 Å². The third-order valence-corrected chi connectivity index (χ3v) is 4.92. The lowest BCUT2D eigenvalue weighted by Crippen LogP contribution is -2.49. The zero-order valence-electron chi connectivity index (χ0n) is 13.8. The van der Waals surface area contributed by atoms with Crippen molar-refractivity contribution in [2.45, 2.75) is 37.7 Å². The molecule has 2 aliphatic heterocycles. The van der Waals surface area contributed by atoms with Crippen LogP contribution in [0.3, 0.4) is 0 Å². The largest absolute Gasteiger partial charge is 0.698 e. The fourth-order valence-corrected chi connectivity index (χ4v) is 3.98. The Hall–Kier alpha value is -2.01. The molecule has 0 aliphatic carbocycles. The molecule has 0 amide bonds. The van der Waals surface area contributed by atoms with E-state index in [1.165, 1.54) is 10.9 Å². The first-order valence-corrected chi connectivity index (χ1v) is 8.81. The monoisotopic (exact) mass is 390 g/mol. The minimum absolute atomic E-state index is 0.0994. The molecule has 0 bridgehead atoms. The fourth-order valence-electron chi connectivity index (χ4n) is 3.11. The summed E-state index contributed by atoms with van der Waals surface area (Å²) in [5.41, 5.74) is 3.59. The van der Waals surface area contributed by atoms with Crippen LogP contribution < -0.4 is 10.5 Å². The van der Waals surface area contributed by atoms with Crippen LogP contribution in [0.15, 0.2) is 6.33 Å². The predicted octanol–water partition coefficient (Wildman–Crippen LogP) is 1.80. The predicted molar refractivity (Wildman–Crippen MR) is 82.8 cm³/mol. The van der Waals surface area contributed by atoms with Crippen molar-refractivity contribution in [1.29, 1.82) is 0 Å². The maximum Gasteiger partial charge on any atom is 0.698 e. The van der Waals surface area contributed by atoms with Gasteiger partial charge in [0.1, 0.15) is 0 Å². The number of hydrogen-bond acceptors (Lipinski definition) is 9. The Bertz CT molecular complexity index is 895. The second kappa shape index (κ2) is 5.74. The van der Waals surface area contributed by atoms with E-state index in [9.17, 15) is 8.96 Å². The van der Waals surface area contributed by atoms with Gasteiger partial charge in [-0.25, -0.2) is 13.8 Å². The minimum Gasteiger partial charge on any atom is -0.476 e. The van der Waals surface area contributed by atoms with Crippen LogP contribution in [0.4, 0.5) is 14.7 Å². The number of imidazole rings is 1. The highest BCUT2D eigenvalue weighted by Gasteiger charge is 2.72. The van der Waals surface area contributed by atoms with Gasteiger partial charge in [-0.2, -0.15) is 9.97 Å². The summed E-state index contributed by atoms with van der Waals surface area (Å²) in [7, 11) is -2.64. The van der Waals surface area contributed by atoms with E-state index >= 15 is 4.39 Å². The van der Waals surface area contributed by atoms with E-state index in [2.05, 4.69) is 19.5 Å². The SMILES string of the molecule is CCOc1nc(N)nc2c1ncn2C1OC2(F)CO[P+](=O)OC2C1(C)F. The van der Waals surface area contributed by atoms with Crippen LogP contribution in [0.1, 0.15) is 20.1 Å². The van der Waals surface area contributed by atoms with Crippen LogP contribution in [-0.2, 0) is 18.3 Å². The normalized spacial score (nSPS) is 35.6. The lowest BCUT2D eigenvalue weighted by Gasteiger charge is -2.25. The van der Waals surface area contributed by atoms with Gasteiger partial charge in [0.05, 0.1) is 12.9 Å². The third kappa shape index (κ3) is 2.44. The van der Waals surface area contributed by atoms with Gasteiger partial charge < -0.3 is 15.2 Å². The van der Waals surface area contributed by atoms with Gasteiger partial charge in [-0.1, -0.05) is 0 Å². The van der Waals surface area contributed by atoms with Gasteiger partial charge >= 0.3 is 8.25 Å². The average Bonchev–Trinajstić information content (AvgIpc) is 3.06. The van der Waals surface area contributed by atoms with Crippen molar-refractivity contribution in [2.24, 2.45) is 0 Å². The summed E-state index contributed by atoms with van der Waals surface area (Å²) in [5, 5.41) is 0. The molecule has 140 valence electrons. The number of anilines is 1. The lowest BCUT2D eigenvalue weighted by molar-refractivity contribution is -0.211. The van der Waals surface area contributed by atoms with E-state index in [1.54, 1.807) is 6.92 Å². The minimum atomic E-state index is -2.64. The first-order chi connectivity index (χ1) is 12.3. The molecular formula is C13H15F2N5O5P+. The Labute approximate surface area is 146 Å². The Morgan fingerprint density at radius 1 is 1.50 bits per heavy atom. The molecule has 2 saturated heterocycles. The van der Waals surface area contributed by atoms with Crippen molar-refractivity contribution >= 4 is 25.4 Å². The molecule has 0 spiro atoms. The molecule has 5 unspecified atom stereocenters. The van der Waals surface area contributed by atoms with Crippen molar-refractivity contribution in [3.05, 3.63) is 6.33 Å². The molecular weight excluding hydrogens is 375 g/mol. The fraction of sp³-hybridized carbons (Fsp3) is 0.615. The number of halogens is 2. The van der Waals surface area contributed by atoms with Gasteiger partial charge in [0, 0.05) is 4.57 Å². The van der Waals surface area contributed by atoms with Crippen molar-refractivity contribution in [3.63, 3.8) is 0 Å². The highest BCUT2D eigenvalue weighted by molar-refractivity contribution is 7.33. The second-order valence-electron chi connectivity index (χ2n) is 6.03. The van der Waals surface area contributed by atoms with Crippen LogP contribution in [0.25, 0.3) is 11.2 Å². The molecule has 0 saturated carbocycles. The zero-order chi connectivity index (χ0) is 18.7. The van der Waals surface area contributed by atoms with Gasteiger partial charge in [-0.15, -0.1) is 9.05 Å². The van der Waals surface area contributed by atoms with E-state index in [-0.39, 0.29) is 23.0 Å². The highest BCUT2D eigenvalue weighted by Crippen LogP contribution is 2.55. The lowest BCUT2D eigenvalue weighted by atomic mass is 9.97. The molecule has 13 heteroatoms. The number of aromatic nitrogens is 4. The maximum absolute atomic E-state index is 15.4. The summed E-state index contributed by atoms with van der Waals surface area (Å²) in [6.07, 6.45) is -2.05. The molecule has 26 heavy (non-hydrogen) atoms. The first kappa shape index (κ1) is 17.4. The van der Waals surface area contributed by atoms with Crippen molar-refractivity contribution in [1.82, 2.24) is 19.5 Å². The number of fused-ring (bicyclic) bond motifs is 2. The molecule has 10 nitrogen and oxygen atoms in total. The summed E-state index contributed by atoms with van der Waals surface area (Å²) < 4.78 is 63.2. The number of alkyl halides is 2. The average molecular weight is 390 g/mol. The van der Waals surface area contributed by atoms with E-state index in [4.69, 9.17) is 19.7 Å². The Morgan fingerprint density at radius 2 is 2.27 bits per heavy atom. The Balaban J connectivity index is 1.82. The molecule has 0 radical (unpaired) electrons. The van der Waals surface area contributed by atoms with Crippen LogP contribution >= 0.6 is 8.25 Å². The maximum atomic E-state index is 15.4. The van der Waals surface area contributed by atoms with Gasteiger partial charge in [0.15, 0.2) is 29.7 Å². The van der Waals surface area contributed by atoms with E-state index in [1.807, 2.05) is 0 Å². The number of ether oxygens (including phenoxy) is 2. The summed E-state index contributed by atoms with van der Waals surface area (Å²) in [4.78, 5) is 12.1. The zero-order valence-corrected chi connectivity index (χ0v) is 14.7. The number of nitrogens with two attached hydrogens (primary N) is 1. The molecule has 2 aromatic rings. The van der Waals surface area contributed by atoms with Crippen LogP contribution in [0.5, 0.6) is 5.88 Å². The number of rotatable bonds is 3. The van der Waals surface area contributed by atoms with E-state index in [0.29, 0.717) is 6.61 Å². The Kier molecular flexibility index (Phi) is 3.85. The summed E-state index contributed by atoms with van der Waals surface area (Å²) in [6.45, 7) is 2.40. The van der Waals surface area contributed by atoms with Gasteiger partial charge in [0.25, 0.3) is 5.85 Å². The topological polar surface area (TPSA) is 124 Å². The molecule has 0 aromatic carbocycles. The molecule has 4 rings (SSSR count). The summed E-state index contributed by atoms with van der Waals surface area (Å²) in [5.74, 6) is -2.63. The van der Waals surface area contributed by atoms with Gasteiger partial charge in [-0.3, -0.25) is 4.57 Å². The highest BCUT2D eigenvalue weighted by atomic mass is 31.1. The van der Waals surface area contributed by atoms with Crippen molar-refractivity contribution in [3.8, 4) is 5.88 Å². The molecule has 2 aromatic heterocycles. The first-order valence-electron chi connectivity index (χ1n) is 7.71. The van der Waals surface area contributed by atoms with Crippen molar-refractivity contribution in [2.75, 3.05) is 18.9 Å². The quantitative estimate of drug-likeness (QED) is 0.781. The van der Waals surface area contributed by atoms with Crippen LogP contribution in [0, 0.1) is 0 Å².